The number of imidazole rings is 1. The Morgan fingerprint density at radius 3 is 2.82 bits per heavy atom. The minimum absolute atomic E-state index is 0.263. The number of fused-ring (bicyclic) bond motifs is 2. The van der Waals surface area contributed by atoms with Crippen LogP contribution in [0, 0.1) is 0 Å². The molecule has 170 valence electrons. The zero-order valence-electron chi connectivity index (χ0n) is 18.5. The van der Waals surface area contributed by atoms with Gasteiger partial charge in [0.05, 0.1) is 6.33 Å². The number of hydrogen-bond donors (Lipinski definition) is 1. The predicted molar refractivity (Wildman–Crippen MR) is 122 cm³/mol. The molecular weight excluding hydrogens is 424 g/mol. The van der Waals surface area contributed by atoms with Crippen LogP contribution in [0.4, 0.5) is 5.69 Å². The molecule has 1 aromatic carbocycles. The lowest BCUT2D eigenvalue weighted by Gasteiger charge is -2.11. The number of rotatable bonds is 4. The Morgan fingerprint density at radius 1 is 1.12 bits per heavy atom. The summed E-state index contributed by atoms with van der Waals surface area (Å²) in [7, 11) is 3.19. The van der Waals surface area contributed by atoms with E-state index in [0.29, 0.717) is 5.69 Å². The van der Waals surface area contributed by atoms with Crippen LogP contribution < -0.4 is 16.6 Å². The fourth-order valence-electron chi connectivity index (χ4n) is 4.31. The van der Waals surface area contributed by atoms with Gasteiger partial charge >= 0.3 is 5.69 Å². The summed E-state index contributed by atoms with van der Waals surface area (Å²) in [5, 5.41) is 11.5. The predicted octanol–water partition coefficient (Wildman–Crippen LogP) is 1.06. The maximum atomic E-state index is 12.8. The Morgan fingerprint density at radius 2 is 1.97 bits per heavy atom. The third-order valence-corrected chi connectivity index (χ3v) is 6.02. The summed E-state index contributed by atoms with van der Waals surface area (Å²) in [4.78, 5) is 42.3. The Hall–Kier alpha value is -4.02. The zero-order valence-corrected chi connectivity index (χ0v) is 18.5. The van der Waals surface area contributed by atoms with Gasteiger partial charge in [-0.25, -0.2) is 14.3 Å². The highest BCUT2D eigenvalue weighted by Crippen LogP contribution is 2.24. The molecule has 4 aromatic rings. The second-order valence-corrected chi connectivity index (χ2v) is 8.29. The van der Waals surface area contributed by atoms with Gasteiger partial charge in [-0.15, -0.1) is 10.2 Å². The maximum Gasteiger partial charge on any atom is 0.332 e. The number of aromatic nitrogens is 7. The van der Waals surface area contributed by atoms with Crippen molar-refractivity contribution in [2.24, 2.45) is 14.1 Å². The van der Waals surface area contributed by atoms with E-state index in [0.717, 1.165) is 47.6 Å². The Labute approximate surface area is 188 Å². The Bertz CT molecular complexity index is 1490. The Kier molecular flexibility index (Phi) is 5.15. The lowest BCUT2D eigenvalue weighted by Crippen LogP contribution is -2.42. The molecule has 0 fully saturated rings. The molecule has 1 aliphatic rings. The normalized spacial score (nSPS) is 13.6. The average molecular weight is 448 g/mol. The van der Waals surface area contributed by atoms with Crippen LogP contribution in [0.2, 0.25) is 0 Å². The Balaban J connectivity index is 1.41. The van der Waals surface area contributed by atoms with Crippen molar-refractivity contribution in [3.63, 3.8) is 0 Å². The molecule has 33 heavy (non-hydrogen) atoms. The number of nitrogens with zero attached hydrogens (tertiary/aromatic N) is 7. The maximum absolute atomic E-state index is 12.8. The number of hydrogen-bond acceptors (Lipinski definition) is 6. The van der Waals surface area contributed by atoms with Gasteiger partial charge in [0.25, 0.3) is 5.56 Å². The number of nitrogens with one attached hydrogen (secondary N) is 1. The van der Waals surface area contributed by atoms with E-state index in [-0.39, 0.29) is 11.2 Å². The van der Waals surface area contributed by atoms with Crippen LogP contribution in [0.1, 0.15) is 25.1 Å². The lowest BCUT2D eigenvalue weighted by molar-refractivity contribution is -0.116. The smallest absolute Gasteiger partial charge is 0.328 e. The van der Waals surface area contributed by atoms with Crippen LogP contribution in [-0.2, 0) is 38.4 Å². The number of benzene rings is 1. The van der Waals surface area contributed by atoms with Crippen molar-refractivity contribution in [1.82, 2.24) is 33.4 Å². The SMILES string of the molecule is Cn1cnc2c1c(=O)n(CC(=O)Nc1cccc(-c3nnc4n3CCCCC4)c1)c(=O)n2C. The highest BCUT2D eigenvalue weighted by Gasteiger charge is 2.18. The molecular formula is C22H24N8O3. The first-order valence-corrected chi connectivity index (χ1v) is 10.9. The van der Waals surface area contributed by atoms with Crippen molar-refractivity contribution in [1.29, 1.82) is 0 Å². The highest BCUT2D eigenvalue weighted by molar-refractivity contribution is 5.91. The van der Waals surface area contributed by atoms with Crippen molar-refractivity contribution < 1.29 is 4.79 Å². The van der Waals surface area contributed by atoms with Gasteiger partial charge < -0.3 is 14.5 Å². The molecule has 0 spiro atoms. The molecule has 1 N–H and O–H groups in total. The van der Waals surface area contributed by atoms with Crippen LogP contribution in [0.5, 0.6) is 0 Å². The summed E-state index contributed by atoms with van der Waals surface area (Å²) < 4.78 is 5.86. The van der Waals surface area contributed by atoms with Crippen LogP contribution >= 0.6 is 0 Å². The first-order chi connectivity index (χ1) is 15.9. The molecule has 3 aromatic heterocycles. The van der Waals surface area contributed by atoms with Crippen LogP contribution in [-0.4, -0.2) is 39.4 Å². The number of amides is 1. The molecule has 11 heteroatoms. The third kappa shape index (κ3) is 3.65. The molecule has 1 amide bonds. The average Bonchev–Trinajstić information content (AvgIpc) is 3.31. The molecule has 0 unspecified atom stereocenters. The van der Waals surface area contributed by atoms with Crippen LogP contribution in [0.25, 0.3) is 22.6 Å². The van der Waals surface area contributed by atoms with Crippen molar-refractivity contribution >= 4 is 22.8 Å². The van der Waals surface area contributed by atoms with E-state index in [1.54, 1.807) is 13.1 Å². The summed E-state index contributed by atoms with van der Waals surface area (Å²) in [6.07, 6.45) is 5.74. The van der Waals surface area contributed by atoms with E-state index in [1.807, 2.05) is 18.2 Å². The topological polar surface area (TPSA) is 122 Å². The first-order valence-electron chi connectivity index (χ1n) is 10.9. The van der Waals surface area contributed by atoms with E-state index < -0.39 is 23.7 Å². The fraction of sp³-hybridized carbons (Fsp3) is 0.364. The van der Waals surface area contributed by atoms with Gasteiger partial charge in [0.1, 0.15) is 12.4 Å². The van der Waals surface area contributed by atoms with Gasteiger partial charge in [-0.2, -0.15) is 0 Å². The van der Waals surface area contributed by atoms with Gasteiger partial charge in [0.2, 0.25) is 5.91 Å². The third-order valence-electron chi connectivity index (χ3n) is 6.02. The summed E-state index contributed by atoms with van der Waals surface area (Å²) >= 11 is 0. The second kappa shape index (κ2) is 8.15. The number of carbonyl (C=O) groups is 1. The molecule has 5 rings (SSSR count). The molecule has 0 saturated heterocycles. The monoisotopic (exact) mass is 448 g/mol. The summed E-state index contributed by atoms with van der Waals surface area (Å²) in [5.41, 5.74) is 0.792. The van der Waals surface area contributed by atoms with E-state index in [1.165, 1.54) is 28.9 Å². The molecule has 0 bridgehead atoms. The van der Waals surface area contributed by atoms with E-state index in [9.17, 15) is 14.4 Å². The van der Waals surface area contributed by atoms with Crippen molar-refractivity contribution in [3.05, 3.63) is 57.3 Å². The molecule has 11 nitrogen and oxygen atoms in total. The minimum Gasteiger partial charge on any atom is -0.328 e. The minimum atomic E-state index is -0.596. The van der Waals surface area contributed by atoms with Crippen molar-refractivity contribution in [2.45, 2.75) is 38.8 Å². The van der Waals surface area contributed by atoms with Crippen LogP contribution in [0.15, 0.2) is 40.2 Å². The summed E-state index contributed by atoms with van der Waals surface area (Å²) in [5.74, 6) is 1.28. The zero-order chi connectivity index (χ0) is 23.1. The summed E-state index contributed by atoms with van der Waals surface area (Å²) in [6, 6.07) is 7.34. The molecule has 0 saturated carbocycles. The number of aryl methyl sites for hydroxylation is 3. The molecule has 0 radical (unpaired) electrons. The number of anilines is 1. The van der Waals surface area contributed by atoms with Gasteiger partial charge in [-0.3, -0.25) is 14.2 Å². The van der Waals surface area contributed by atoms with E-state index in [2.05, 4.69) is 25.1 Å². The van der Waals surface area contributed by atoms with Gasteiger partial charge in [0, 0.05) is 38.3 Å². The molecule has 0 atom stereocenters. The van der Waals surface area contributed by atoms with E-state index in [4.69, 9.17) is 0 Å². The van der Waals surface area contributed by atoms with Crippen LogP contribution in [0.3, 0.4) is 0 Å². The highest BCUT2D eigenvalue weighted by atomic mass is 16.2. The molecule has 4 heterocycles. The number of carbonyl (C=O) groups excluding carboxylic acids is 1. The second-order valence-electron chi connectivity index (χ2n) is 8.29. The van der Waals surface area contributed by atoms with Gasteiger partial charge in [-0.1, -0.05) is 18.6 Å². The quantitative estimate of drug-likeness (QED) is 0.498. The fourth-order valence-corrected chi connectivity index (χ4v) is 4.31. The first kappa shape index (κ1) is 20.9. The lowest BCUT2D eigenvalue weighted by atomic mass is 10.2. The largest absolute Gasteiger partial charge is 0.332 e. The summed E-state index contributed by atoms with van der Waals surface area (Å²) in [6.45, 7) is 0.466. The van der Waals surface area contributed by atoms with Crippen molar-refractivity contribution in [3.8, 4) is 11.4 Å². The van der Waals surface area contributed by atoms with Gasteiger partial charge in [0.15, 0.2) is 17.0 Å². The standard InChI is InChI=1S/C22H24N8O3/c1-27-13-23-20-18(27)21(32)30(22(33)28(20)2)12-17(31)24-15-8-6-7-14(11-15)19-26-25-16-9-4-3-5-10-29(16)19/h6-8,11,13H,3-5,9-10,12H2,1-2H3,(H,24,31). The van der Waals surface area contributed by atoms with Gasteiger partial charge in [-0.05, 0) is 25.0 Å². The van der Waals surface area contributed by atoms with Crippen molar-refractivity contribution in [2.75, 3.05) is 5.32 Å². The van der Waals surface area contributed by atoms with E-state index >= 15 is 0 Å². The molecule has 0 aliphatic carbocycles. The molecule has 1 aliphatic heterocycles.